The number of anilines is 1. The lowest BCUT2D eigenvalue weighted by atomic mass is 9.94. The molecule has 5 heteroatoms. The Morgan fingerprint density at radius 2 is 2.12 bits per heavy atom. The van der Waals surface area contributed by atoms with E-state index >= 15 is 0 Å². The van der Waals surface area contributed by atoms with E-state index in [1.807, 2.05) is 7.05 Å². The van der Waals surface area contributed by atoms with Gasteiger partial charge in [0.15, 0.2) is 0 Å². The van der Waals surface area contributed by atoms with Crippen molar-refractivity contribution < 1.29 is 9.90 Å². The third-order valence-electron chi connectivity index (χ3n) is 3.32. The van der Waals surface area contributed by atoms with Crippen LogP contribution < -0.4 is 4.90 Å². The number of rotatable bonds is 3. The van der Waals surface area contributed by atoms with Gasteiger partial charge in [-0.3, -0.25) is 0 Å². The maximum absolute atomic E-state index is 10.8. The largest absolute Gasteiger partial charge is 0.475 e. The summed E-state index contributed by atoms with van der Waals surface area (Å²) in [6.07, 6.45) is 7.60. The highest BCUT2D eigenvalue weighted by Gasteiger charge is 2.20. The normalized spacial score (nSPS) is 16.8. The second-order valence-corrected chi connectivity index (χ2v) is 4.45. The fourth-order valence-electron chi connectivity index (χ4n) is 2.30. The van der Waals surface area contributed by atoms with Gasteiger partial charge in [0.2, 0.25) is 5.82 Å². The third kappa shape index (κ3) is 2.72. The zero-order valence-corrected chi connectivity index (χ0v) is 9.96. The molecule has 0 bridgehead atoms. The van der Waals surface area contributed by atoms with E-state index in [9.17, 15) is 4.79 Å². The summed E-state index contributed by atoms with van der Waals surface area (Å²) in [6, 6.07) is 2.24. The molecular weight excluding hydrogens is 218 g/mol. The molecule has 0 unspecified atom stereocenters. The Bertz CT molecular complexity index is 402. The van der Waals surface area contributed by atoms with Gasteiger partial charge in [0.1, 0.15) is 5.82 Å². The Hall–Kier alpha value is -1.65. The summed E-state index contributed by atoms with van der Waals surface area (Å²) in [7, 11) is 1.98. The summed E-state index contributed by atoms with van der Waals surface area (Å²) in [5.41, 5.74) is 0. The fraction of sp³-hybridized carbons (Fsp3) is 0.583. The first-order chi connectivity index (χ1) is 8.18. The zero-order chi connectivity index (χ0) is 12.3. The molecule has 0 amide bonds. The second kappa shape index (κ2) is 5.12. The van der Waals surface area contributed by atoms with Crippen LogP contribution in [-0.4, -0.2) is 34.1 Å². The smallest absolute Gasteiger partial charge is 0.374 e. The van der Waals surface area contributed by atoms with Gasteiger partial charge in [-0.1, -0.05) is 19.3 Å². The number of aromatic carboxylic acids is 1. The average Bonchev–Trinajstić information content (AvgIpc) is 2.39. The lowest BCUT2D eigenvalue weighted by molar-refractivity contribution is 0.0683. The molecule has 0 saturated heterocycles. The lowest BCUT2D eigenvalue weighted by Crippen LogP contribution is -2.34. The first kappa shape index (κ1) is 11.8. The van der Waals surface area contributed by atoms with E-state index in [0.29, 0.717) is 11.9 Å². The first-order valence-corrected chi connectivity index (χ1v) is 5.97. The van der Waals surface area contributed by atoms with Crippen LogP contribution in [-0.2, 0) is 0 Å². The van der Waals surface area contributed by atoms with E-state index in [1.165, 1.54) is 25.5 Å². The van der Waals surface area contributed by atoms with Crippen LogP contribution in [0.15, 0.2) is 12.3 Å². The molecule has 1 aliphatic carbocycles. The van der Waals surface area contributed by atoms with E-state index in [0.717, 1.165) is 12.8 Å². The molecule has 1 fully saturated rings. The maximum atomic E-state index is 10.8. The molecule has 2 rings (SSSR count). The molecule has 0 aliphatic heterocycles. The molecule has 0 atom stereocenters. The van der Waals surface area contributed by atoms with Crippen LogP contribution in [0.4, 0.5) is 5.82 Å². The predicted octanol–water partition coefficient (Wildman–Crippen LogP) is 1.94. The van der Waals surface area contributed by atoms with Crippen molar-refractivity contribution in [2.75, 3.05) is 11.9 Å². The van der Waals surface area contributed by atoms with E-state index in [4.69, 9.17) is 5.11 Å². The molecule has 92 valence electrons. The van der Waals surface area contributed by atoms with Gasteiger partial charge in [-0.2, -0.15) is 0 Å². The van der Waals surface area contributed by atoms with Crippen molar-refractivity contribution in [1.29, 1.82) is 0 Å². The Labute approximate surface area is 100 Å². The molecular formula is C12H17N3O2. The number of carboxylic acids is 1. The van der Waals surface area contributed by atoms with Crippen LogP contribution in [0.2, 0.25) is 0 Å². The Balaban J connectivity index is 2.14. The molecule has 5 nitrogen and oxygen atoms in total. The van der Waals surface area contributed by atoms with Gasteiger partial charge in [0.05, 0.1) is 0 Å². The summed E-state index contributed by atoms with van der Waals surface area (Å²) in [6.45, 7) is 0. The SMILES string of the molecule is CN(c1ccnc(C(=O)O)n1)C1CCCCC1. The number of nitrogens with zero attached hydrogens (tertiary/aromatic N) is 3. The highest BCUT2D eigenvalue weighted by molar-refractivity contribution is 5.83. The van der Waals surface area contributed by atoms with Crippen molar-refractivity contribution in [2.24, 2.45) is 0 Å². The summed E-state index contributed by atoms with van der Waals surface area (Å²) in [5, 5.41) is 8.86. The molecule has 1 aromatic rings. The number of hydrogen-bond donors (Lipinski definition) is 1. The average molecular weight is 235 g/mol. The number of hydrogen-bond acceptors (Lipinski definition) is 4. The summed E-state index contributed by atoms with van der Waals surface area (Å²) >= 11 is 0. The van der Waals surface area contributed by atoms with Gasteiger partial charge in [-0.05, 0) is 18.9 Å². The number of aromatic nitrogens is 2. The minimum absolute atomic E-state index is 0.134. The molecule has 1 heterocycles. The van der Waals surface area contributed by atoms with Crippen molar-refractivity contribution in [3.63, 3.8) is 0 Å². The molecule has 17 heavy (non-hydrogen) atoms. The van der Waals surface area contributed by atoms with Crippen LogP contribution in [0.1, 0.15) is 42.7 Å². The Morgan fingerprint density at radius 3 is 2.76 bits per heavy atom. The minimum Gasteiger partial charge on any atom is -0.475 e. The van der Waals surface area contributed by atoms with Crippen molar-refractivity contribution in [1.82, 2.24) is 9.97 Å². The Morgan fingerprint density at radius 1 is 1.41 bits per heavy atom. The van der Waals surface area contributed by atoms with E-state index in [2.05, 4.69) is 14.9 Å². The minimum atomic E-state index is -1.08. The highest BCUT2D eigenvalue weighted by Crippen LogP contribution is 2.24. The van der Waals surface area contributed by atoms with Crippen LogP contribution in [0, 0.1) is 0 Å². The van der Waals surface area contributed by atoms with Gasteiger partial charge in [0, 0.05) is 19.3 Å². The molecule has 0 aromatic carbocycles. The van der Waals surface area contributed by atoms with Crippen molar-refractivity contribution in [3.05, 3.63) is 18.1 Å². The maximum Gasteiger partial charge on any atom is 0.374 e. The monoisotopic (exact) mass is 235 g/mol. The molecule has 1 aliphatic rings. The van der Waals surface area contributed by atoms with Gasteiger partial charge in [-0.15, -0.1) is 0 Å². The summed E-state index contributed by atoms with van der Waals surface area (Å²) < 4.78 is 0. The van der Waals surface area contributed by atoms with Crippen molar-refractivity contribution in [3.8, 4) is 0 Å². The molecule has 1 N–H and O–H groups in total. The standard InChI is InChI=1S/C12H17N3O2/c1-15(9-5-3-2-4-6-9)10-7-8-13-11(14-10)12(16)17/h7-9H,2-6H2,1H3,(H,16,17). The molecule has 1 saturated carbocycles. The van der Waals surface area contributed by atoms with E-state index < -0.39 is 5.97 Å². The van der Waals surface area contributed by atoms with Crippen molar-refractivity contribution >= 4 is 11.8 Å². The first-order valence-electron chi connectivity index (χ1n) is 5.97. The second-order valence-electron chi connectivity index (χ2n) is 4.45. The highest BCUT2D eigenvalue weighted by atomic mass is 16.4. The van der Waals surface area contributed by atoms with Crippen LogP contribution in [0.25, 0.3) is 0 Å². The van der Waals surface area contributed by atoms with Crippen LogP contribution >= 0.6 is 0 Å². The van der Waals surface area contributed by atoms with Crippen LogP contribution in [0.3, 0.4) is 0 Å². The topological polar surface area (TPSA) is 66.3 Å². The molecule has 0 radical (unpaired) electrons. The number of carboxylic acid groups (broad SMARTS) is 1. The zero-order valence-electron chi connectivity index (χ0n) is 9.96. The van der Waals surface area contributed by atoms with Crippen molar-refractivity contribution in [2.45, 2.75) is 38.1 Å². The third-order valence-corrected chi connectivity index (χ3v) is 3.32. The van der Waals surface area contributed by atoms with E-state index in [-0.39, 0.29) is 5.82 Å². The quantitative estimate of drug-likeness (QED) is 0.867. The molecule has 1 aromatic heterocycles. The van der Waals surface area contributed by atoms with Gasteiger partial charge in [-0.25, -0.2) is 14.8 Å². The summed E-state index contributed by atoms with van der Waals surface area (Å²) in [5.74, 6) is -0.515. The van der Waals surface area contributed by atoms with Crippen LogP contribution in [0.5, 0.6) is 0 Å². The van der Waals surface area contributed by atoms with Gasteiger partial charge in [0.25, 0.3) is 0 Å². The van der Waals surface area contributed by atoms with Gasteiger partial charge >= 0.3 is 5.97 Å². The van der Waals surface area contributed by atoms with Gasteiger partial charge < -0.3 is 10.0 Å². The lowest BCUT2D eigenvalue weighted by Gasteiger charge is -2.32. The van der Waals surface area contributed by atoms with E-state index in [1.54, 1.807) is 6.07 Å². The summed E-state index contributed by atoms with van der Waals surface area (Å²) in [4.78, 5) is 20.7. The Kier molecular flexibility index (Phi) is 3.56. The molecule has 0 spiro atoms. The number of carbonyl (C=O) groups is 1. The fourth-order valence-corrected chi connectivity index (χ4v) is 2.30. The predicted molar refractivity (Wildman–Crippen MR) is 64.3 cm³/mol.